The van der Waals surface area contributed by atoms with Crippen LogP contribution in [0.15, 0.2) is 12.4 Å². The van der Waals surface area contributed by atoms with E-state index in [9.17, 15) is 0 Å². The summed E-state index contributed by atoms with van der Waals surface area (Å²) in [4.78, 5) is 0. The molecule has 98 valence electrons. The van der Waals surface area contributed by atoms with E-state index in [-0.39, 0.29) is 0 Å². The Morgan fingerprint density at radius 2 is 1.59 bits per heavy atom. The van der Waals surface area contributed by atoms with Gasteiger partial charge in [0.2, 0.25) is 0 Å². The average Bonchev–Trinajstić information content (AvgIpc) is 2.90. The number of aliphatic hydroxyl groups excluding tert-OH is 5. The van der Waals surface area contributed by atoms with Gasteiger partial charge >= 0.3 is 0 Å². The van der Waals surface area contributed by atoms with Crippen molar-refractivity contribution in [3.8, 4) is 0 Å². The molecule has 1 aliphatic heterocycles. The maximum absolute atomic E-state index is 9.12. The summed E-state index contributed by atoms with van der Waals surface area (Å²) in [5, 5.41) is 54.0. The Morgan fingerprint density at radius 1 is 1.00 bits per heavy atom. The van der Waals surface area contributed by atoms with Gasteiger partial charge in [0.25, 0.3) is 0 Å². The smallest absolute Gasteiger partial charge is 0.184 e. The van der Waals surface area contributed by atoms with Crippen LogP contribution in [0.25, 0.3) is 0 Å². The molecule has 6 N–H and O–H groups in total. The number of aliphatic hydroxyl groups is 5. The Hall–Kier alpha value is -1.10. The van der Waals surface area contributed by atoms with Gasteiger partial charge in [-0.25, -0.2) is 0 Å². The van der Waals surface area contributed by atoms with Crippen molar-refractivity contribution < 1.29 is 30.3 Å². The van der Waals surface area contributed by atoms with E-state index in [4.69, 9.17) is 25.5 Å². The first-order valence-corrected chi connectivity index (χ1v) is 4.86. The molecular formula is C8H15N3O6. The highest BCUT2D eigenvalue weighted by atomic mass is 16.6. The molecule has 2 rings (SSSR count). The molecule has 1 aliphatic rings. The summed E-state index contributed by atoms with van der Waals surface area (Å²) in [5.41, 5.74) is 0. The molecule has 9 heteroatoms. The van der Waals surface area contributed by atoms with E-state index in [1.165, 1.54) is 0 Å². The van der Waals surface area contributed by atoms with Gasteiger partial charge in [0.15, 0.2) is 6.29 Å². The zero-order valence-electron chi connectivity index (χ0n) is 8.79. The summed E-state index contributed by atoms with van der Waals surface area (Å²) >= 11 is 0. The minimum atomic E-state index is -1.57. The lowest BCUT2D eigenvalue weighted by atomic mass is 10.00. The Kier molecular flexibility index (Phi) is 5.41. The number of ether oxygens (including phenoxy) is 1. The first-order chi connectivity index (χ1) is 8.07. The lowest BCUT2D eigenvalue weighted by Crippen LogP contribution is -2.58. The summed E-state index contributed by atoms with van der Waals surface area (Å²) in [6.07, 6.45) is -3.87. The third kappa shape index (κ3) is 3.70. The molecule has 17 heavy (non-hydrogen) atoms. The zero-order valence-corrected chi connectivity index (χ0v) is 8.79. The summed E-state index contributed by atoms with van der Waals surface area (Å²) in [7, 11) is 0. The molecule has 9 nitrogen and oxygen atoms in total. The quantitative estimate of drug-likeness (QED) is 0.301. The van der Waals surface area contributed by atoms with Crippen LogP contribution in [0.3, 0.4) is 0 Å². The van der Waals surface area contributed by atoms with Crippen LogP contribution in [0.1, 0.15) is 0 Å². The second-order valence-electron chi connectivity index (χ2n) is 3.38. The van der Waals surface area contributed by atoms with Crippen LogP contribution in [0.2, 0.25) is 0 Å². The van der Waals surface area contributed by atoms with Crippen LogP contribution >= 0.6 is 0 Å². The minimum Gasteiger partial charge on any atom is -0.394 e. The van der Waals surface area contributed by atoms with Crippen LogP contribution < -0.4 is 0 Å². The Labute approximate surface area is 96.3 Å². The number of nitrogens with zero attached hydrogens (tertiary/aromatic N) is 2. The molecule has 0 bridgehead atoms. The molecule has 0 radical (unpaired) electrons. The number of hydrogen-bond acceptors (Lipinski definition) is 8. The van der Waals surface area contributed by atoms with Crippen LogP contribution in [-0.4, -0.2) is 78.3 Å². The zero-order chi connectivity index (χ0) is 12.8. The van der Waals surface area contributed by atoms with E-state index < -0.39 is 37.3 Å². The molecule has 0 amide bonds. The molecular weight excluding hydrogens is 234 g/mol. The second-order valence-corrected chi connectivity index (χ2v) is 3.38. The third-order valence-corrected chi connectivity index (χ3v) is 2.20. The van der Waals surface area contributed by atoms with Crippen molar-refractivity contribution in [1.82, 2.24) is 15.4 Å². The van der Waals surface area contributed by atoms with Crippen molar-refractivity contribution in [1.29, 1.82) is 0 Å². The predicted molar refractivity (Wildman–Crippen MR) is 52.4 cm³/mol. The second kappa shape index (κ2) is 6.59. The van der Waals surface area contributed by atoms with Crippen molar-refractivity contribution in [2.24, 2.45) is 0 Å². The first-order valence-electron chi connectivity index (χ1n) is 4.86. The first kappa shape index (κ1) is 14.0. The van der Waals surface area contributed by atoms with Crippen LogP contribution in [-0.2, 0) is 4.74 Å². The number of H-pyrrole nitrogens is 1. The Balaban J connectivity index is 0.000000239. The van der Waals surface area contributed by atoms with Gasteiger partial charge < -0.3 is 30.3 Å². The van der Waals surface area contributed by atoms with Gasteiger partial charge in [-0.15, -0.1) is 0 Å². The van der Waals surface area contributed by atoms with Gasteiger partial charge in [0, 0.05) is 0 Å². The highest BCUT2D eigenvalue weighted by Gasteiger charge is 2.42. The maximum Gasteiger partial charge on any atom is 0.184 e. The van der Waals surface area contributed by atoms with Crippen molar-refractivity contribution in [3.05, 3.63) is 12.4 Å². The van der Waals surface area contributed by atoms with E-state index in [0.717, 1.165) is 0 Å². The lowest BCUT2D eigenvalue weighted by molar-refractivity contribution is -0.286. The maximum atomic E-state index is 9.12. The number of hydrogen-bond donors (Lipinski definition) is 6. The number of aromatic amines is 1. The predicted octanol–water partition coefficient (Wildman–Crippen LogP) is -3.42. The molecule has 0 unspecified atom stereocenters. The van der Waals surface area contributed by atoms with Crippen molar-refractivity contribution >= 4 is 0 Å². The standard InChI is InChI=1S/C6H12O6.C2H3N3/c7-1-2-3(8)4(9)5(10)6(11)12-2;1-2-4-5-3-1/h2-11H,1H2;1-2H,(H,3,4,5)/t2-,3-,4+,5-,6-;/m1./s1. The molecule has 0 saturated carbocycles. The van der Waals surface area contributed by atoms with E-state index in [2.05, 4.69) is 20.1 Å². The SMILES string of the molecule is OC[C@H]1O[C@@H](O)[C@H](O)[C@@H](O)[C@@H]1O.c1cn[nH]n1. The molecule has 0 spiro atoms. The van der Waals surface area contributed by atoms with Gasteiger partial charge in [-0.1, -0.05) is 0 Å². The molecule has 1 saturated heterocycles. The van der Waals surface area contributed by atoms with Crippen molar-refractivity contribution in [3.63, 3.8) is 0 Å². The summed E-state index contributed by atoms with van der Waals surface area (Å²) in [5.74, 6) is 0. The average molecular weight is 249 g/mol. The van der Waals surface area contributed by atoms with Gasteiger partial charge in [0.1, 0.15) is 24.4 Å². The third-order valence-electron chi connectivity index (χ3n) is 2.20. The number of nitrogens with one attached hydrogen (secondary N) is 1. The molecule has 5 atom stereocenters. The number of rotatable bonds is 1. The topological polar surface area (TPSA) is 152 Å². The summed E-state index contributed by atoms with van der Waals surface area (Å²) in [6, 6.07) is 0. The molecule has 0 aromatic carbocycles. The Morgan fingerprint density at radius 3 is 2.00 bits per heavy atom. The van der Waals surface area contributed by atoms with Gasteiger partial charge in [0.05, 0.1) is 19.0 Å². The highest BCUT2D eigenvalue weighted by molar-refractivity contribution is 4.87. The Bertz CT molecular complexity index is 275. The monoisotopic (exact) mass is 249 g/mol. The molecule has 1 aromatic rings. The largest absolute Gasteiger partial charge is 0.394 e. The van der Waals surface area contributed by atoms with Crippen molar-refractivity contribution in [2.75, 3.05) is 6.61 Å². The van der Waals surface area contributed by atoms with E-state index >= 15 is 0 Å². The fourth-order valence-electron chi connectivity index (χ4n) is 1.25. The van der Waals surface area contributed by atoms with Crippen LogP contribution in [0.5, 0.6) is 0 Å². The molecule has 1 fully saturated rings. The molecule has 0 aliphatic carbocycles. The fraction of sp³-hybridized carbons (Fsp3) is 0.750. The highest BCUT2D eigenvalue weighted by Crippen LogP contribution is 2.18. The normalized spacial score (nSPS) is 37.1. The summed E-state index contributed by atoms with van der Waals surface area (Å²) in [6.45, 7) is -0.526. The van der Waals surface area contributed by atoms with Gasteiger partial charge in [-0.2, -0.15) is 15.4 Å². The van der Waals surface area contributed by atoms with E-state index in [1.54, 1.807) is 12.4 Å². The van der Waals surface area contributed by atoms with Gasteiger partial charge in [-0.05, 0) is 0 Å². The lowest BCUT2D eigenvalue weighted by Gasteiger charge is -2.37. The molecule has 1 aromatic heterocycles. The van der Waals surface area contributed by atoms with E-state index in [0.29, 0.717) is 0 Å². The fourth-order valence-corrected chi connectivity index (χ4v) is 1.25. The van der Waals surface area contributed by atoms with Crippen LogP contribution in [0.4, 0.5) is 0 Å². The van der Waals surface area contributed by atoms with Gasteiger partial charge in [-0.3, -0.25) is 0 Å². The summed E-state index contributed by atoms with van der Waals surface area (Å²) < 4.78 is 4.58. The van der Waals surface area contributed by atoms with Crippen LogP contribution in [0, 0.1) is 0 Å². The van der Waals surface area contributed by atoms with Crippen molar-refractivity contribution in [2.45, 2.75) is 30.7 Å². The van der Waals surface area contributed by atoms with E-state index in [1.807, 2.05) is 0 Å². The minimum absolute atomic E-state index is 0.526. The molecule has 2 heterocycles. The number of aromatic nitrogens is 3.